The molecule has 1 aliphatic heterocycles. The molecular weight excluding hydrogens is 435 g/mol. The Morgan fingerprint density at radius 3 is 2.61 bits per heavy atom. The van der Waals surface area contributed by atoms with E-state index in [0.717, 1.165) is 17.8 Å². The van der Waals surface area contributed by atoms with Gasteiger partial charge in [-0.2, -0.15) is 13.2 Å². The van der Waals surface area contributed by atoms with Gasteiger partial charge < -0.3 is 20.1 Å². The highest BCUT2D eigenvalue weighted by molar-refractivity contribution is 8.15. The number of anilines is 1. The number of methoxy groups -OCH3 is 2. The van der Waals surface area contributed by atoms with Crippen LogP contribution in [0.4, 0.5) is 24.5 Å². The molecule has 1 unspecified atom stereocenters. The number of amides is 2. The van der Waals surface area contributed by atoms with E-state index in [1.54, 1.807) is 18.2 Å². The number of carbonyl (C=O) groups is 2. The Morgan fingerprint density at radius 2 is 1.94 bits per heavy atom. The second-order valence-electron chi connectivity index (χ2n) is 6.35. The first kappa shape index (κ1) is 22.5. The van der Waals surface area contributed by atoms with E-state index in [1.165, 1.54) is 32.4 Å². The number of aliphatic imine (C=N–C) groups is 1. The Bertz CT molecular complexity index is 1030. The highest BCUT2D eigenvalue weighted by atomic mass is 32.2. The van der Waals surface area contributed by atoms with Gasteiger partial charge in [0.15, 0.2) is 5.17 Å². The number of hydrogen-bond donors (Lipinski definition) is 2. The van der Waals surface area contributed by atoms with Crippen molar-refractivity contribution in [3.05, 3.63) is 48.0 Å². The fourth-order valence-electron chi connectivity index (χ4n) is 2.78. The molecule has 164 valence electrons. The zero-order valence-electron chi connectivity index (χ0n) is 16.4. The van der Waals surface area contributed by atoms with E-state index in [9.17, 15) is 22.8 Å². The Labute approximate surface area is 180 Å². The van der Waals surface area contributed by atoms with Crippen LogP contribution in [0.2, 0.25) is 0 Å². The number of hydrogen-bond acceptors (Lipinski definition) is 6. The third-order valence-corrected chi connectivity index (χ3v) is 5.34. The van der Waals surface area contributed by atoms with Crippen molar-refractivity contribution in [2.45, 2.75) is 17.8 Å². The van der Waals surface area contributed by atoms with E-state index in [0.29, 0.717) is 17.2 Å². The second-order valence-corrected chi connectivity index (χ2v) is 7.54. The minimum atomic E-state index is -4.58. The van der Waals surface area contributed by atoms with Crippen molar-refractivity contribution in [2.75, 3.05) is 19.5 Å². The molecule has 2 amide bonds. The van der Waals surface area contributed by atoms with Crippen molar-refractivity contribution in [2.24, 2.45) is 4.99 Å². The van der Waals surface area contributed by atoms with Crippen molar-refractivity contribution < 1.29 is 32.2 Å². The van der Waals surface area contributed by atoms with Gasteiger partial charge in [-0.1, -0.05) is 23.9 Å². The maximum absolute atomic E-state index is 13.1. The normalized spacial score (nSPS) is 17.4. The van der Waals surface area contributed by atoms with E-state index >= 15 is 0 Å². The van der Waals surface area contributed by atoms with Crippen molar-refractivity contribution in [3.8, 4) is 11.5 Å². The number of halogens is 3. The smallest absolute Gasteiger partial charge is 0.418 e. The van der Waals surface area contributed by atoms with Gasteiger partial charge in [0, 0.05) is 12.5 Å². The molecule has 0 aromatic heterocycles. The van der Waals surface area contributed by atoms with Gasteiger partial charge in [0.2, 0.25) is 11.8 Å². The molecule has 0 radical (unpaired) electrons. The van der Waals surface area contributed by atoms with Crippen LogP contribution in [0, 0.1) is 0 Å². The summed E-state index contributed by atoms with van der Waals surface area (Å²) in [5.74, 6) is -0.0547. The van der Waals surface area contributed by atoms with Gasteiger partial charge in [0.25, 0.3) is 0 Å². The summed E-state index contributed by atoms with van der Waals surface area (Å²) in [6.45, 7) is 0. The molecule has 7 nitrogen and oxygen atoms in total. The van der Waals surface area contributed by atoms with Crippen LogP contribution in [0.25, 0.3) is 0 Å². The summed E-state index contributed by atoms with van der Waals surface area (Å²) in [6, 6.07) is 9.62. The van der Waals surface area contributed by atoms with E-state index in [1.807, 2.05) is 0 Å². The Morgan fingerprint density at radius 1 is 1.19 bits per heavy atom. The van der Waals surface area contributed by atoms with Crippen LogP contribution in [0.5, 0.6) is 11.5 Å². The molecule has 0 spiro atoms. The third kappa shape index (κ3) is 5.48. The average molecular weight is 453 g/mol. The van der Waals surface area contributed by atoms with Gasteiger partial charge in [-0.25, -0.2) is 4.99 Å². The van der Waals surface area contributed by atoms with E-state index in [-0.39, 0.29) is 17.3 Å². The van der Waals surface area contributed by atoms with Crippen molar-refractivity contribution in [3.63, 3.8) is 0 Å². The first-order valence-electron chi connectivity index (χ1n) is 8.95. The second kappa shape index (κ2) is 9.29. The molecule has 31 heavy (non-hydrogen) atoms. The van der Waals surface area contributed by atoms with Crippen LogP contribution in [0.3, 0.4) is 0 Å². The fraction of sp³-hybridized carbons (Fsp3) is 0.250. The monoisotopic (exact) mass is 453 g/mol. The number of carbonyl (C=O) groups excluding carboxylic acids is 2. The molecule has 1 heterocycles. The standard InChI is InChI=1S/C20H18F3N3O4S/c1-29-11-7-8-14(15(9-11)30-2)24-17(27)10-16-18(28)26-19(31-16)25-13-6-4-3-5-12(13)20(21,22)23/h3-9,16H,10H2,1-2H3,(H,24,27)(H,25,26,28). The van der Waals surface area contributed by atoms with Crippen LogP contribution in [0.15, 0.2) is 47.5 Å². The maximum atomic E-state index is 13.1. The highest BCUT2D eigenvalue weighted by Crippen LogP contribution is 2.37. The average Bonchev–Trinajstić information content (AvgIpc) is 3.06. The van der Waals surface area contributed by atoms with E-state index in [4.69, 9.17) is 9.47 Å². The largest absolute Gasteiger partial charge is 0.497 e. The minimum absolute atomic E-state index is 0.00141. The minimum Gasteiger partial charge on any atom is -0.497 e. The summed E-state index contributed by atoms with van der Waals surface area (Å²) in [7, 11) is 2.93. The number of alkyl halides is 3. The summed E-state index contributed by atoms with van der Waals surface area (Å²) >= 11 is 0.898. The number of amidine groups is 1. The zero-order chi connectivity index (χ0) is 22.6. The van der Waals surface area contributed by atoms with Gasteiger partial charge in [0.1, 0.15) is 16.7 Å². The molecule has 1 saturated heterocycles. The van der Waals surface area contributed by atoms with Gasteiger partial charge in [-0.3, -0.25) is 9.59 Å². The van der Waals surface area contributed by atoms with Crippen molar-refractivity contribution in [1.29, 1.82) is 0 Å². The quantitative estimate of drug-likeness (QED) is 0.691. The molecule has 2 N–H and O–H groups in total. The number of rotatable bonds is 6. The lowest BCUT2D eigenvalue weighted by atomic mass is 10.2. The summed E-state index contributed by atoms with van der Waals surface area (Å²) in [6.07, 6.45) is -4.78. The first-order chi connectivity index (χ1) is 14.7. The van der Waals surface area contributed by atoms with E-state index < -0.39 is 28.8 Å². The van der Waals surface area contributed by atoms with Crippen LogP contribution in [-0.2, 0) is 15.8 Å². The molecule has 0 bridgehead atoms. The molecule has 1 atom stereocenters. The van der Waals surface area contributed by atoms with Crippen LogP contribution in [-0.4, -0.2) is 36.5 Å². The Balaban J connectivity index is 1.69. The van der Waals surface area contributed by atoms with Crippen LogP contribution >= 0.6 is 11.8 Å². The third-order valence-electron chi connectivity index (χ3n) is 4.26. The highest BCUT2D eigenvalue weighted by Gasteiger charge is 2.35. The molecular formula is C20H18F3N3O4S. The molecule has 11 heteroatoms. The van der Waals surface area contributed by atoms with Crippen molar-refractivity contribution in [1.82, 2.24) is 5.32 Å². The SMILES string of the molecule is COc1ccc(NC(=O)CC2SC(=Nc3ccccc3C(F)(F)F)NC2=O)c(OC)c1. The lowest BCUT2D eigenvalue weighted by Crippen LogP contribution is -2.28. The molecule has 0 aliphatic carbocycles. The fourth-order valence-corrected chi connectivity index (χ4v) is 3.76. The number of benzene rings is 2. The summed E-state index contributed by atoms with van der Waals surface area (Å²) < 4.78 is 49.7. The predicted octanol–water partition coefficient (Wildman–Crippen LogP) is 3.97. The Hall–Kier alpha value is -3.21. The van der Waals surface area contributed by atoms with Gasteiger partial charge >= 0.3 is 6.18 Å². The number of ether oxygens (including phenoxy) is 2. The molecule has 1 fully saturated rings. The predicted molar refractivity (Wildman–Crippen MR) is 111 cm³/mol. The van der Waals surface area contributed by atoms with Crippen molar-refractivity contribution >= 4 is 40.1 Å². The Kier molecular flexibility index (Phi) is 6.74. The van der Waals surface area contributed by atoms with Gasteiger partial charge in [0.05, 0.1) is 31.2 Å². The lowest BCUT2D eigenvalue weighted by Gasteiger charge is -2.12. The van der Waals surface area contributed by atoms with E-state index in [2.05, 4.69) is 15.6 Å². The summed E-state index contributed by atoms with van der Waals surface area (Å²) in [4.78, 5) is 28.5. The maximum Gasteiger partial charge on any atom is 0.418 e. The van der Waals surface area contributed by atoms with Crippen LogP contribution < -0.4 is 20.1 Å². The topological polar surface area (TPSA) is 89.0 Å². The first-order valence-corrected chi connectivity index (χ1v) is 9.83. The lowest BCUT2D eigenvalue weighted by molar-refractivity contribution is -0.137. The van der Waals surface area contributed by atoms with Crippen LogP contribution in [0.1, 0.15) is 12.0 Å². The molecule has 0 saturated carbocycles. The molecule has 1 aliphatic rings. The summed E-state index contributed by atoms with van der Waals surface area (Å²) in [5.41, 5.74) is -0.833. The number of nitrogens with one attached hydrogen (secondary N) is 2. The van der Waals surface area contributed by atoms with Gasteiger partial charge in [-0.05, 0) is 24.3 Å². The number of para-hydroxylation sites is 1. The zero-order valence-corrected chi connectivity index (χ0v) is 17.3. The summed E-state index contributed by atoms with van der Waals surface area (Å²) in [5, 5.41) is 4.24. The molecule has 2 aromatic rings. The molecule has 3 rings (SSSR count). The number of thioether (sulfide) groups is 1. The number of nitrogens with zero attached hydrogens (tertiary/aromatic N) is 1. The molecule has 2 aromatic carbocycles. The van der Waals surface area contributed by atoms with Gasteiger partial charge in [-0.15, -0.1) is 0 Å².